The number of ether oxygens (including phenoxy) is 2. The second kappa shape index (κ2) is 6.41. The van der Waals surface area contributed by atoms with Gasteiger partial charge in [0.15, 0.2) is 17.2 Å². The molecule has 0 radical (unpaired) electrons. The minimum Gasteiger partial charge on any atom is -0.461 e. The van der Waals surface area contributed by atoms with E-state index in [9.17, 15) is 4.79 Å². The Bertz CT molecular complexity index is 688. The van der Waals surface area contributed by atoms with E-state index in [1.165, 1.54) is 12.7 Å². The van der Waals surface area contributed by atoms with Gasteiger partial charge in [0.2, 0.25) is 5.76 Å². The maximum atomic E-state index is 12.2. The largest absolute Gasteiger partial charge is 0.461 e. The third-order valence-corrected chi connectivity index (χ3v) is 4.53. The van der Waals surface area contributed by atoms with E-state index in [0.29, 0.717) is 24.7 Å². The van der Waals surface area contributed by atoms with Gasteiger partial charge >= 0.3 is 0 Å². The molecule has 7 heteroatoms. The highest BCUT2D eigenvalue weighted by molar-refractivity contribution is 5.92. The molecule has 4 rings (SSSR count). The van der Waals surface area contributed by atoms with Crippen LogP contribution in [0.3, 0.4) is 0 Å². The van der Waals surface area contributed by atoms with Crippen LogP contribution in [0.5, 0.6) is 0 Å². The Kier molecular flexibility index (Phi) is 4.12. The molecule has 0 aromatic carbocycles. The Morgan fingerprint density at radius 3 is 2.96 bits per heavy atom. The van der Waals surface area contributed by atoms with Gasteiger partial charge in [0.25, 0.3) is 5.91 Å². The van der Waals surface area contributed by atoms with Gasteiger partial charge in [-0.05, 0) is 25.0 Å². The lowest BCUT2D eigenvalue weighted by Crippen LogP contribution is -2.37. The summed E-state index contributed by atoms with van der Waals surface area (Å²) in [6.45, 7) is 0.903. The maximum absolute atomic E-state index is 12.2. The van der Waals surface area contributed by atoms with Crippen LogP contribution < -0.4 is 5.32 Å². The molecule has 1 aliphatic carbocycles. The number of aromatic nitrogens is 1. The lowest BCUT2D eigenvalue weighted by Gasteiger charge is -2.31. The molecule has 1 amide bonds. The van der Waals surface area contributed by atoms with Crippen LogP contribution in [-0.2, 0) is 9.47 Å². The highest BCUT2D eigenvalue weighted by atomic mass is 16.7. The quantitative estimate of drug-likeness (QED) is 0.926. The first kappa shape index (κ1) is 15.4. The average molecular weight is 332 g/mol. The molecule has 1 N–H and O–H groups in total. The van der Waals surface area contributed by atoms with Gasteiger partial charge in [-0.15, -0.1) is 0 Å². The molecule has 128 valence electrons. The van der Waals surface area contributed by atoms with Gasteiger partial charge in [0, 0.05) is 25.5 Å². The second-order valence-electron chi connectivity index (χ2n) is 6.29. The van der Waals surface area contributed by atoms with Crippen molar-refractivity contribution in [3.63, 3.8) is 0 Å². The van der Waals surface area contributed by atoms with E-state index >= 15 is 0 Å². The van der Waals surface area contributed by atoms with Gasteiger partial charge in [-0.3, -0.25) is 4.79 Å². The van der Waals surface area contributed by atoms with Gasteiger partial charge in [0.1, 0.15) is 6.10 Å². The summed E-state index contributed by atoms with van der Waals surface area (Å²) in [5, 5.41) is 6.61. The summed E-state index contributed by atoms with van der Waals surface area (Å²) in [4.78, 5) is 12.2. The van der Waals surface area contributed by atoms with Crippen LogP contribution in [0.4, 0.5) is 0 Å². The van der Waals surface area contributed by atoms with E-state index in [2.05, 4.69) is 10.5 Å². The SMILES string of the molecule is O=C(NC[C@@H]1COC2(CCCCC2)O1)c1cc(-c2ccco2)on1. The van der Waals surface area contributed by atoms with E-state index < -0.39 is 5.79 Å². The molecular weight excluding hydrogens is 312 g/mol. The van der Waals surface area contributed by atoms with Crippen molar-refractivity contribution in [2.24, 2.45) is 0 Å². The molecule has 1 saturated carbocycles. The van der Waals surface area contributed by atoms with Gasteiger partial charge in [0.05, 0.1) is 12.9 Å². The molecule has 3 heterocycles. The first-order valence-electron chi connectivity index (χ1n) is 8.35. The van der Waals surface area contributed by atoms with Crippen LogP contribution in [0.1, 0.15) is 42.6 Å². The van der Waals surface area contributed by atoms with Crippen LogP contribution in [-0.4, -0.2) is 36.1 Å². The summed E-state index contributed by atoms with van der Waals surface area (Å²) in [5.41, 5.74) is 0.215. The molecule has 1 spiro atoms. The molecular formula is C17H20N2O5. The Hall–Kier alpha value is -2.12. The molecule has 1 aliphatic heterocycles. The number of amides is 1. The number of hydrogen-bond donors (Lipinski definition) is 1. The van der Waals surface area contributed by atoms with Crippen molar-refractivity contribution in [2.45, 2.75) is 44.0 Å². The normalized spacial score (nSPS) is 22.8. The van der Waals surface area contributed by atoms with Crippen molar-refractivity contribution >= 4 is 5.91 Å². The molecule has 2 aromatic rings. The van der Waals surface area contributed by atoms with Crippen LogP contribution in [0.15, 0.2) is 33.4 Å². The number of rotatable bonds is 4. The fraction of sp³-hybridized carbons (Fsp3) is 0.529. The highest BCUT2D eigenvalue weighted by Crippen LogP contribution is 2.37. The Morgan fingerprint density at radius 1 is 1.29 bits per heavy atom. The summed E-state index contributed by atoms with van der Waals surface area (Å²) >= 11 is 0. The average Bonchev–Trinajstić information content (AvgIpc) is 3.34. The van der Waals surface area contributed by atoms with Gasteiger partial charge in [-0.2, -0.15) is 0 Å². The summed E-state index contributed by atoms with van der Waals surface area (Å²) in [5.74, 6) is 0.235. The van der Waals surface area contributed by atoms with Crippen LogP contribution in [0, 0.1) is 0 Å². The lowest BCUT2D eigenvalue weighted by atomic mass is 9.94. The number of furan rings is 1. The summed E-state index contributed by atoms with van der Waals surface area (Å²) in [6, 6.07) is 5.05. The summed E-state index contributed by atoms with van der Waals surface area (Å²) < 4.78 is 22.3. The first-order chi connectivity index (χ1) is 11.7. The Morgan fingerprint density at radius 2 is 2.17 bits per heavy atom. The maximum Gasteiger partial charge on any atom is 0.273 e. The second-order valence-corrected chi connectivity index (χ2v) is 6.29. The number of hydrogen-bond acceptors (Lipinski definition) is 6. The minimum absolute atomic E-state index is 0.122. The van der Waals surface area contributed by atoms with Crippen LogP contribution >= 0.6 is 0 Å². The predicted octanol–water partition coefficient (Wildman–Crippen LogP) is 2.74. The molecule has 2 aliphatic rings. The van der Waals surface area contributed by atoms with Crippen molar-refractivity contribution in [2.75, 3.05) is 13.2 Å². The lowest BCUT2D eigenvalue weighted by molar-refractivity contribution is -0.186. The van der Waals surface area contributed by atoms with E-state index in [1.54, 1.807) is 18.2 Å². The van der Waals surface area contributed by atoms with Crippen molar-refractivity contribution in [1.82, 2.24) is 10.5 Å². The summed E-state index contributed by atoms with van der Waals surface area (Å²) in [6.07, 6.45) is 6.79. The molecule has 0 unspecified atom stereocenters. The topological polar surface area (TPSA) is 86.7 Å². The fourth-order valence-corrected chi connectivity index (χ4v) is 3.28. The number of carbonyl (C=O) groups is 1. The molecule has 1 atom stereocenters. The smallest absolute Gasteiger partial charge is 0.273 e. The molecule has 2 aromatic heterocycles. The summed E-state index contributed by atoms with van der Waals surface area (Å²) in [7, 11) is 0. The molecule has 1 saturated heterocycles. The predicted molar refractivity (Wildman–Crippen MR) is 83.2 cm³/mol. The third-order valence-electron chi connectivity index (χ3n) is 4.53. The molecule has 2 fully saturated rings. The zero-order valence-electron chi connectivity index (χ0n) is 13.3. The van der Waals surface area contributed by atoms with E-state index in [4.69, 9.17) is 18.4 Å². The van der Waals surface area contributed by atoms with Crippen LogP contribution in [0.25, 0.3) is 11.5 Å². The van der Waals surface area contributed by atoms with Crippen molar-refractivity contribution < 1.29 is 23.2 Å². The van der Waals surface area contributed by atoms with E-state index in [1.807, 2.05) is 0 Å². The van der Waals surface area contributed by atoms with Gasteiger partial charge < -0.3 is 23.7 Å². The van der Waals surface area contributed by atoms with Crippen molar-refractivity contribution in [3.8, 4) is 11.5 Å². The van der Waals surface area contributed by atoms with Crippen molar-refractivity contribution in [3.05, 3.63) is 30.2 Å². The highest BCUT2D eigenvalue weighted by Gasteiger charge is 2.42. The Balaban J connectivity index is 1.31. The van der Waals surface area contributed by atoms with Crippen molar-refractivity contribution in [1.29, 1.82) is 0 Å². The number of nitrogens with zero attached hydrogens (tertiary/aromatic N) is 1. The number of nitrogens with one attached hydrogen (secondary N) is 1. The Labute approximate surface area is 139 Å². The molecule has 7 nitrogen and oxygen atoms in total. The zero-order valence-corrected chi connectivity index (χ0v) is 13.3. The standard InChI is InChI=1S/C17H20N2O5/c20-16(13-9-15(24-19-13)14-5-4-8-21-14)18-10-12-11-22-17(23-12)6-2-1-3-7-17/h4-5,8-9,12H,1-3,6-7,10-11H2,(H,18,20)/t12-/m1/s1. The fourth-order valence-electron chi connectivity index (χ4n) is 3.28. The zero-order chi connectivity index (χ0) is 16.4. The molecule has 0 bridgehead atoms. The van der Waals surface area contributed by atoms with Crippen LogP contribution in [0.2, 0.25) is 0 Å². The van der Waals surface area contributed by atoms with E-state index in [0.717, 1.165) is 25.7 Å². The molecule has 24 heavy (non-hydrogen) atoms. The van der Waals surface area contributed by atoms with Gasteiger partial charge in [-0.1, -0.05) is 11.6 Å². The number of carbonyl (C=O) groups excluding carboxylic acids is 1. The monoisotopic (exact) mass is 332 g/mol. The van der Waals surface area contributed by atoms with E-state index in [-0.39, 0.29) is 17.7 Å². The minimum atomic E-state index is -0.423. The first-order valence-corrected chi connectivity index (χ1v) is 8.35. The third kappa shape index (κ3) is 3.09. The van der Waals surface area contributed by atoms with Gasteiger partial charge in [-0.25, -0.2) is 0 Å².